The zero-order valence-electron chi connectivity index (χ0n) is 11.0. The van der Waals surface area contributed by atoms with Gasteiger partial charge < -0.3 is 10.6 Å². The number of benzene rings is 1. The fraction of sp³-hybridized carbons (Fsp3) is 0.429. The first-order chi connectivity index (χ1) is 8.97. The predicted octanol–water partition coefficient (Wildman–Crippen LogP) is 2.15. The average molecular weight is 325 g/mol. The molecule has 1 aromatic rings. The van der Waals surface area contributed by atoms with Gasteiger partial charge in [0.25, 0.3) is 5.91 Å². The highest BCUT2D eigenvalue weighted by Gasteiger charge is 2.26. The number of hydrogen-bond donors (Lipinski definition) is 2. The Morgan fingerprint density at radius 1 is 1.37 bits per heavy atom. The first-order valence-electron chi connectivity index (χ1n) is 6.35. The molecule has 1 saturated carbocycles. The van der Waals surface area contributed by atoms with E-state index >= 15 is 0 Å². The van der Waals surface area contributed by atoms with Gasteiger partial charge in [-0.05, 0) is 44.4 Å². The lowest BCUT2D eigenvalue weighted by Gasteiger charge is -2.14. The third-order valence-electron chi connectivity index (χ3n) is 3.10. The molecular formula is C14H17BrN2O2. The van der Waals surface area contributed by atoms with Crippen LogP contribution in [0.15, 0.2) is 22.7 Å². The van der Waals surface area contributed by atoms with Crippen molar-refractivity contribution < 1.29 is 9.59 Å². The van der Waals surface area contributed by atoms with Gasteiger partial charge in [0.2, 0.25) is 5.91 Å². The Balaban J connectivity index is 1.95. The lowest BCUT2D eigenvalue weighted by molar-refractivity contribution is -0.122. The summed E-state index contributed by atoms with van der Waals surface area (Å²) in [6.45, 7) is 3.65. The van der Waals surface area contributed by atoms with Gasteiger partial charge in [0.1, 0.15) is 6.04 Å². The van der Waals surface area contributed by atoms with E-state index in [0.29, 0.717) is 11.6 Å². The molecule has 0 heterocycles. The first-order valence-corrected chi connectivity index (χ1v) is 7.14. The molecule has 19 heavy (non-hydrogen) atoms. The summed E-state index contributed by atoms with van der Waals surface area (Å²) < 4.78 is 0.884. The van der Waals surface area contributed by atoms with Crippen LogP contribution in [0.25, 0.3) is 0 Å². The van der Waals surface area contributed by atoms with Crippen molar-refractivity contribution in [3.8, 4) is 0 Å². The topological polar surface area (TPSA) is 58.2 Å². The number of aryl methyl sites for hydroxylation is 1. The lowest BCUT2D eigenvalue weighted by atomic mass is 10.1. The van der Waals surface area contributed by atoms with Crippen LogP contribution in [-0.2, 0) is 4.79 Å². The molecule has 1 unspecified atom stereocenters. The van der Waals surface area contributed by atoms with Crippen molar-refractivity contribution in [2.45, 2.75) is 38.8 Å². The van der Waals surface area contributed by atoms with Crippen molar-refractivity contribution in [3.63, 3.8) is 0 Å². The van der Waals surface area contributed by atoms with Crippen LogP contribution in [-0.4, -0.2) is 23.9 Å². The van der Waals surface area contributed by atoms with E-state index in [2.05, 4.69) is 26.6 Å². The fourth-order valence-electron chi connectivity index (χ4n) is 1.63. The summed E-state index contributed by atoms with van der Waals surface area (Å²) in [5.74, 6) is -0.360. The number of nitrogens with one attached hydrogen (secondary N) is 2. The van der Waals surface area contributed by atoms with Gasteiger partial charge in [-0.3, -0.25) is 9.59 Å². The number of amides is 2. The lowest BCUT2D eigenvalue weighted by Crippen LogP contribution is -2.45. The Bertz CT molecular complexity index is 512. The molecule has 0 saturated heterocycles. The van der Waals surface area contributed by atoms with Crippen LogP contribution in [0.5, 0.6) is 0 Å². The third kappa shape index (κ3) is 3.80. The maximum atomic E-state index is 12.0. The molecule has 4 nitrogen and oxygen atoms in total. The standard InChI is InChI=1S/C14H17BrN2O2/c1-8-3-4-10(7-12(8)15)14(19)16-9(2)13(18)17-11-5-6-11/h3-4,7,9,11H,5-6H2,1-2H3,(H,16,19)(H,17,18). The molecule has 1 fully saturated rings. The van der Waals surface area contributed by atoms with E-state index < -0.39 is 6.04 Å². The average Bonchev–Trinajstić information content (AvgIpc) is 3.16. The Labute approximate surface area is 121 Å². The van der Waals surface area contributed by atoms with Crippen LogP contribution < -0.4 is 10.6 Å². The minimum Gasteiger partial charge on any atom is -0.352 e. The minimum absolute atomic E-state index is 0.123. The number of halogens is 1. The van der Waals surface area contributed by atoms with Crippen LogP contribution in [0.4, 0.5) is 0 Å². The molecule has 1 atom stereocenters. The van der Waals surface area contributed by atoms with E-state index in [0.717, 1.165) is 22.9 Å². The molecule has 2 amide bonds. The summed E-state index contributed by atoms with van der Waals surface area (Å²) in [6, 6.07) is 5.17. The summed E-state index contributed by atoms with van der Waals surface area (Å²) in [7, 11) is 0. The highest BCUT2D eigenvalue weighted by Crippen LogP contribution is 2.19. The van der Waals surface area contributed by atoms with Gasteiger partial charge in [-0.25, -0.2) is 0 Å². The summed E-state index contributed by atoms with van der Waals surface area (Å²) in [6.07, 6.45) is 2.08. The maximum Gasteiger partial charge on any atom is 0.251 e. The molecule has 0 aromatic heterocycles. The zero-order chi connectivity index (χ0) is 14.0. The zero-order valence-corrected chi connectivity index (χ0v) is 12.6. The van der Waals surface area contributed by atoms with Crippen molar-refractivity contribution in [2.75, 3.05) is 0 Å². The molecule has 1 aliphatic carbocycles. The maximum absolute atomic E-state index is 12.0. The van der Waals surface area contributed by atoms with Crippen LogP contribution >= 0.6 is 15.9 Å². The van der Waals surface area contributed by atoms with Crippen molar-refractivity contribution in [3.05, 3.63) is 33.8 Å². The molecule has 0 aliphatic heterocycles. The summed E-state index contributed by atoms with van der Waals surface area (Å²) >= 11 is 3.39. The van der Waals surface area contributed by atoms with Gasteiger partial charge in [0, 0.05) is 16.1 Å². The predicted molar refractivity (Wildman–Crippen MR) is 77.0 cm³/mol. The molecule has 2 rings (SSSR count). The number of hydrogen-bond acceptors (Lipinski definition) is 2. The molecule has 2 N–H and O–H groups in total. The monoisotopic (exact) mass is 324 g/mol. The molecule has 0 bridgehead atoms. The van der Waals surface area contributed by atoms with Gasteiger partial charge in [0.15, 0.2) is 0 Å². The van der Waals surface area contributed by atoms with E-state index in [1.165, 1.54) is 0 Å². The first kappa shape index (κ1) is 14.1. The van der Waals surface area contributed by atoms with Gasteiger partial charge in [0.05, 0.1) is 0 Å². The van der Waals surface area contributed by atoms with Crippen molar-refractivity contribution in [1.82, 2.24) is 10.6 Å². The SMILES string of the molecule is Cc1ccc(C(=O)NC(C)C(=O)NC2CC2)cc1Br. The molecule has 0 spiro atoms. The van der Waals surface area contributed by atoms with E-state index in [1.54, 1.807) is 19.1 Å². The molecule has 102 valence electrons. The van der Waals surface area contributed by atoms with Gasteiger partial charge >= 0.3 is 0 Å². The Morgan fingerprint density at radius 3 is 2.63 bits per heavy atom. The smallest absolute Gasteiger partial charge is 0.251 e. The van der Waals surface area contributed by atoms with Crippen molar-refractivity contribution >= 4 is 27.7 Å². The summed E-state index contributed by atoms with van der Waals surface area (Å²) in [5.41, 5.74) is 1.61. The molecular weight excluding hydrogens is 308 g/mol. The Kier molecular flexibility index (Phi) is 4.24. The second-order valence-corrected chi connectivity index (χ2v) is 5.80. The minimum atomic E-state index is -0.520. The fourth-order valence-corrected chi connectivity index (χ4v) is 2.01. The summed E-state index contributed by atoms with van der Waals surface area (Å²) in [5, 5.41) is 5.57. The second kappa shape index (κ2) is 5.74. The molecule has 5 heteroatoms. The molecule has 1 aromatic carbocycles. The van der Waals surface area contributed by atoms with Crippen LogP contribution in [0, 0.1) is 6.92 Å². The van der Waals surface area contributed by atoms with E-state index in [1.807, 2.05) is 13.0 Å². The second-order valence-electron chi connectivity index (χ2n) is 4.94. The highest BCUT2D eigenvalue weighted by atomic mass is 79.9. The van der Waals surface area contributed by atoms with E-state index in [9.17, 15) is 9.59 Å². The van der Waals surface area contributed by atoms with E-state index in [-0.39, 0.29) is 11.8 Å². The van der Waals surface area contributed by atoms with E-state index in [4.69, 9.17) is 0 Å². The molecule has 0 radical (unpaired) electrons. The van der Waals surface area contributed by atoms with Crippen molar-refractivity contribution in [1.29, 1.82) is 0 Å². The quantitative estimate of drug-likeness (QED) is 0.891. The number of rotatable bonds is 4. The third-order valence-corrected chi connectivity index (χ3v) is 3.95. The van der Waals surface area contributed by atoms with Crippen molar-refractivity contribution in [2.24, 2.45) is 0 Å². The normalized spacial score (nSPS) is 15.7. The largest absolute Gasteiger partial charge is 0.352 e. The number of carbonyl (C=O) groups is 2. The van der Waals surface area contributed by atoms with Gasteiger partial charge in [-0.2, -0.15) is 0 Å². The van der Waals surface area contributed by atoms with Gasteiger partial charge in [-0.15, -0.1) is 0 Å². The highest BCUT2D eigenvalue weighted by molar-refractivity contribution is 9.10. The summed E-state index contributed by atoms with van der Waals surface area (Å²) in [4.78, 5) is 23.8. The van der Waals surface area contributed by atoms with Gasteiger partial charge in [-0.1, -0.05) is 22.0 Å². The number of carbonyl (C=O) groups excluding carboxylic acids is 2. The van der Waals surface area contributed by atoms with Crippen LogP contribution in [0.1, 0.15) is 35.7 Å². The van der Waals surface area contributed by atoms with Crippen LogP contribution in [0.3, 0.4) is 0 Å². The Morgan fingerprint density at radius 2 is 2.05 bits per heavy atom. The molecule has 1 aliphatic rings. The Hall–Kier alpha value is -1.36. The van der Waals surface area contributed by atoms with Crippen LogP contribution in [0.2, 0.25) is 0 Å².